The molecule has 0 radical (unpaired) electrons. The molecule has 2 atom stereocenters. The van der Waals surface area contributed by atoms with Gasteiger partial charge >= 0.3 is 0 Å². The molecule has 19 heavy (non-hydrogen) atoms. The van der Waals surface area contributed by atoms with Gasteiger partial charge in [-0.1, -0.05) is 0 Å². The van der Waals surface area contributed by atoms with E-state index in [1.807, 2.05) is 13.4 Å². The third-order valence-electron chi connectivity index (χ3n) is 5.11. The highest BCUT2D eigenvalue weighted by Crippen LogP contribution is 2.37. The van der Waals surface area contributed by atoms with Crippen LogP contribution in [-0.4, -0.2) is 33.9 Å². The molecule has 106 valence electrons. The minimum absolute atomic E-state index is 0.0886. The predicted molar refractivity (Wildman–Crippen MR) is 75.3 cm³/mol. The van der Waals surface area contributed by atoms with Gasteiger partial charge < -0.3 is 15.0 Å². The monoisotopic (exact) mass is 263 g/mol. The summed E-state index contributed by atoms with van der Waals surface area (Å²) in [4.78, 5) is 4.61. The number of aliphatic hydroxyl groups is 1. The summed E-state index contributed by atoms with van der Waals surface area (Å²) in [5.41, 5.74) is 2.69. The Kier molecular flexibility index (Phi) is 3.63. The molecule has 0 spiro atoms. The second kappa shape index (κ2) is 5.25. The van der Waals surface area contributed by atoms with Crippen LogP contribution in [0.15, 0.2) is 6.33 Å². The number of hydrogen-bond acceptors (Lipinski definition) is 3. The third-order valence-corrected chi connectivity index (χ3v) is 5.11. The van der Waals surface area contributed by atoms with Crippen LogP contribution >= 0.6 is 0 Å². The highest BCUT2D eigenvalue weighted by molar-refractivity contribution is 5.18. The fourth-order valence-electron chi connectivity index (χ4n) is 3.83. The van der Waals surface area contributed by atoms with E-state index in [0.29, 0.717) is 6.04 Å². The van der Waals surface area contributed by atoms with Crippen molar-refractivity contribution in [3.8, 4) is 0 Å². The Labute approximate surface area is 115 Å². The third kappa shape index (κ3) is 2.32. The van der Waals surface area contributed by atoms with Crippen molar-refractivity contribution in [1.29, 1.82) is 0 Å². The van der Waals surface area contributed by atoms with Gasteiger partial charge in [0.15, 0.2) is 0 Å². The molecule has 1 heterocycles. The van der Waals surface area contributed by atoms with Crippen LogP contribution < -0.4 is 5.32 Å². The van der Waals surface area contributed by atoms with Gasteiger partial charge in [-0.25, -0.2) is 4.98 Å². The standard InChI is InChI=1S/C15H25N3O/c1-16-15(10-19)8-4-5-12(9-15)18-11-17-13-6-2-3-7-14(13)18/h11-12,16,19H,2-10H2,1H3. The Morgan fingerprint density at radius 2 is 2.26 bits per heavy atom. The van der Waals surface area contributed by atoms with Crippen LogP contribution in [-0.2, 0) is 12.8 Å². The number of hydrogen-bond donors (Lipinski definition) is 2. The number of nitrogens with one attached hydrogen (secondary N) is 1. The quantitative estimate of drug-likeness (QED) is 0.874. The van der Waals surface area contributed by atoms with E-state index in [-0.39, 0.29) is 12.1 Å². The molecule has 1 aromatic rings. The lowest BCUT2D eigenvalue weighted by molar-refractivity contribution is 0.104. The molecule has 2 N–H and O–H groups in total. The van der Waals surface area contributed by atoms with Crippen LogP contribution in [0.5, 0.6) is 0 Å². The summed E-state index contributed by atoms with van der Waals surface area (Å²) in [7, 11) is 1.97. The summed E-state index contributed by atoms with van der Waals surface area (Å²) < 4.78 is 2.41. The maximum absolute atomic E-state index is 9.71. The Balaban J connectivity index is 1.84. The second-order valence-corrected chi connectivity index (χ2v) is 6.19. The zero-order valence-electron chi connectivity index (χ0n) is 11.9. The van der Waals surface area contributed by atoms with Crippen LogP contribution in [0.1, 0.15) is 56.0 Å². The first kappa shape index (κ1) is 13.1. The molecule has 0 aromatic carbocycles. The van der Waals surface area contributed by atoms with Gasteiger partial charge in [-0.05, 0) is 58.4 Å². The van der Waals surface area contributed by atoms with Crippen LogP contribution in [0.2, 0.25) is 0 Å². The normalized spacial score (nSPS) is 31.2. The van der Waals surface area contributed by atoms with Crippen molar-refractivity contribution < 1.29 is 5.11 Å². The molecule has 0 bridgehead atoms. The molecule has 1 fully saturated rings. The van der Waals surface area contributed by atoms with E-state index in [0.717, 1.165) is 19.3 Å². The highest BCUT2D eigenvalue weighted by Gasteiger charge is 2.36. The van der Waals surface area contributed by atoms with Crippen LogP contribution in [0, 0.1) is 0 Å². The van der Waals surface area contributed by atoms with E-state index in [4.69, 9.17) is 0 Å². The number of aryl methyl sites for hydroxylation is 1. The highest BCUT2D eigenvalue weighted by atomic mass is 16.3. The summed E-state index contributed by atoms with van der Waals surface area (Å²) in [6, 6.07) is 0.502. The van der Waals surface area contributed by atoms with Crippen LogP contribution in [0.4, 0.5) is 0 Å². The maximum atomic E-state index is 9.71. The lowest BCUT2D eigenvalue weighted by Crippen LogP contribution is -2.50. The Morgan fingerprint density at radius 3 is 3.05 bits per heavy atom. The second-order valence-electron chi connectivity index (χ2n) is 6.19. The largest absolute Gasteiger partial charge is 0.394 e. The summed E-state index contributed by atoms with van der Waals surface area (Å²) in [5, 5.41) is 13.1. The lowest BCUT2D eigenvalue weighted by Gasteiger charge is -2.40. The molecule has 0 aliphatic heterocycles. The van der Waals surface area contributed by atoms with Gasteiger partial charge in [0.2, 0.25) is 0 Å². The number of fused-ring (bicyclic) bond motifs is 1. The number of rotatable bonds is 3. The zero-order chi connectivity index (χ0) is 13.3. The van der Waals surface area contributed by atoms with Gasteiger partial charge in [0.1, 0.15) is 0 Å². The van der Waals surface area contributed by atoms with Crippen molar-refractivity contribution in [1.82, 2.24) is 14.9 Å². The Bertz CT molecular complexity index is 437. The molecule has 1 aromatic heterocycles. The van der Waals surface area contributed by atoms with E-state index < -0.39 is 0 Å². The van der Waals surface area contributed by atoms with E-state index in [1.54, 1.807) is 0 Å². The molecular weight excluding hydrogens is 238 g/mol. The maximum Gasteiger partial charge on any atom is 0.0954 e. The topological polar surface area (TPSA) is 50.1 Å². The van der Waals surface area contributed by atoms with Gasteiger partial charge in [0, 0.05) is 17.3 Å². The Morgan fingerprint density at radius 1 is 1.42 bits per heavy atom. The first-order valence-corrected chi connectivity index (χ1v) is 7.62. The summed E-state index contributed by atoms with van der Waals surface area (Å²) >= 11 is 0. The van der Waals surface area contributed by atoms with Crippen molar-refractivity contribution in [2.45, 2.75) is 62.9 Å². The average Bonchev–Trinajstić information content (AvgIpc) is 2.91. The van der Waals surface area contributed by atoms with Gasteiger partial charge in [-0.15, -0.1) is 0 Å². The molecular formula is C15H25N3O. The molecule has 3 rings (SSSR count). The first-order chi connectivity index (χ1) is 9.28. The van der Waals surface area contributed by atoms with Crippen molar-refractivity contribution >= 4 is 0 Å². The van der Waals surface area contributed by atoms with E-state index in [9.17, 15) is 5.11 Å². The van der Waals surface area contributed by atoms with Crippen LogP contribution in [0.25, 0.3) is 0 Å². The van der Waals surface area contributed by atoms with Crippen molar-refractivity contribution in [3.05, 3.63) is 17.7 Å². The summed E-state index contributed by atoms with van der Waals surface area (Å²) in [5.74, 6) is 0. The molecule has 0 saturated heterocycles. The number of aromatic nitrogens is 2. The summed E-state index contributed by atoms with van der Waals surface area (Å²) in [6.45, 7) is 0.233. The SMILES string of the molecule is CNC1(CO)CCCC(n2cnc3c2CCCC3)C1. The fraction of sp³-hybridized carbons (Fsp3) is 0.800. The first-order valence-electron chi connectivity index (χ1n) is 7.62. The van der Waals surface area contributed by atoms with E-state index >= 15 is 0 Å². The summed E-state index contributed by atoms with van der Waals surface area (Å²) in [6.07, 6.45) is 11.4. The molecule has 2 unspecified atom stereocenters. The minimum atomic E-state index is -0.0886. The van der Waals surface area contributed by atoms with Crippen molar-refractivity contribution in [3.63, 3.8) is 0 Å². The van der Waals surface area contributed by atoms with Crippen molar-refractivity contribution in [2.24, 2.45) is 0 Å². The molecule has 0 amide bonds. The molecule has 4 nitrogen and oxygen atoms in total. The average molecular weight is 263 g/mol. The van der Waals surface area contributed by atoms with E-state index in [2.05, 4.69) is 14.9 Å². The smallest absolute Gasteiger partial charge is 0.0954 e. The van der Waals surface area contributed by atoms with Crippen molar-refractivity contribution in [2.75, 3.05) is 13.7 Å². The molecule has 2 aliphatic rings. The number of likely N-dealkylation sites (N-methyl/N-ethyl adjacent to an activating group) is 1. The van der Waals surface area contributed by atoms with Gasteiger partial charge in [-0.3, -0.25) is 0 Å². The number of imidazole rings is 1. The minimum Gasteiger partial charge on any atom is -0.394 e. The number of aliphatic hydroxyl groups excluding tert-OH is 1. The predicted octanol–water partition coefficient (Wildman–Crippen LogP) is 1.83. The van der Waals surface area contributed by atoms with Crippen LogP contribution in [0.3, 0.4) is 0 Å². The zero-order valence-corrected chi connectivity index (χ0v) is 11.9. The van der Waals surface area contributed by atoms with Gasteiger partial charge in [-0.2, -0.15) is 0 Å². The molecule has 4 heteroatoms. The van der Waals surface area contributed by atoms with Gasteiger partial charge in [0.05, 0.1) is 18.6 Å². The lowest BCUT2D eigenvalue weighted by atomic mass is 9.79. The Hall–Kier alpha value is -0.870. The van der Waals surface area contributed by atoms with Gasteiger partial charge in [0.25, 0.3) is 0 Å². The number of nitrogens with zero attached hydrogens (tertiary/aromatic N) is 2. The van der Waals surface area contributed by atoms with E-state index in [1.165, 1.54) is 43.5 Å². The fourth-order valence-corrected chi connectivity index (χ4v) is 3.83. The molecule has 1 saturated carbocycles. The molecule has 2 aliphatic carbocycles.